The third-order valence-electron chi connectivity index (χ3n) is 6.65. The largest absolute Gasteiger partial charge is 0.493 e. The summed E-state index contributed by atoms with van der Waals surface area (Å²) in [7, 11) is 3.27. The molecule has 4 rings (SSSR count). The molecule has 186 valence electrons. The van der Waals surface area contributed by atoms with E-state index in [1.54, 1.807) is 32.0 Å². The van der Waals surface area contributed by atoms with Crippen LogP contribution in [0.2, 0.25) is 0 Å². The van der Waals surface area contributed by atoms with Gasteiger partial charge in [-0.25, -0.2) is 0 Å². The van der Waals surface area contributed by atoms with Gasteiger partial charge in [-0.15, -0.1) is 11.8 Å². The van der Waals surface area contributed by atoms with Crippen LogP contribution in [0.15, 0.2) is 51.8 Å². The van der Waals surface area contributed by atoms with Gasteiger partial charge in [0.2, 0.25) is 0 Å². The Kier molecular flexibility index (Phi) is 7.22. The van der Waals surface area contributed by atoms with Crippen molar-refractivity contribution in [3.05, 3.63) is 76.2 Å². The fraction of sp³-hybridized carbons (Fsp3) is 0.414. The minimum Gasteiger partial charge on any atom is -0.493 e. The molecular formula is C29H35NO4S. The highest BCUT2D eigenvalue weighted by atomic mass is 32.2. The van der Waals surface area contributed by atoms with E-state index in [2.05, 4.69) is 52.8 Å². The molecule has 0 fully saturated rings. The summed E-state index contributed by atoms with van der Waals surface area (Å²) in [4.78, 5) is 16.5. The second-order valence-corrected chi connectivity index (χ2v) is 11.3. The molecule has 5 nitrogen and oxygen atoms in total. The maximum absolute atomic E-state index is 13.4. The molecule has 1 aromatic heterocycles. The average Bonchev–Trinajstić information content (AvgIpc) is 3.30. The van der Waals surface area contributed by atoms with Crippen molar-refractivity contribution in [2.75, 3.05) is 14.2 Å². The van der Waals surface area contributed by atoms with Crippen LogP contribution in [0.5, 0.6) is 11.5 Å². The molecule has 1 aliphatic heterocycles. The van der Waals surface area contributed by atoms with E-state index in [-0.39, 0.29) is 17.4 Å². The van der Waals surface area contributed by atoms with Gasteiger partial charge in [-0.1, -0.05) is 32.9 Å². The van der Waals surface area contributed by atoms with E-state index in [1.807, 2.05) is 23.1 Å². The van der Waals surface area contributed by atoms with E-state index in [9.17, 15) is 4.79 Å². The Morgan fingerprint density at radius 2 is 1.74 bits per heavy atom. The van der Waals surface area contributed by atoms with Gasteiger partial charge in [0.1, 0.15) is 5.76 Å². The summed E-state index contributed by atoms with van der Waals surface area (Å²) < 4.78 is 16.9. The monoisotopic (exact) mass is 493 g/mol. The lowest BCUT2D eigenvalue weighted by molar-refractivity contribution is 0.0623. The van der Waals surface area contributed by atoms with Crippen molar-refractivity contribution in [2.24, 2.45) is 0 Å². The number of benzene rings is 2. The van der Waals surface area contributed by atoms with Crippen LogP contribution in [0, 0.1) is 6.92 Å². The van der Waals surface area contributed by atoms with Crippen molar-refractivity contribution in [3.8, 4) is 11.5 Å². The van der Waals surface area contributed by atoms with Crippen LogP contribution in [0.3, 0.4) is 0 Å². The first-order chi connectivity index (χ1) is 16.6. The van der Waals surface area contributed by atoms with Crippen LogP contribution in [0.1, 0.15) is 66.3 Å². The molecule has 0 radical (unpaired) electrons. The number of thioether (sulfide) groups is 1. The molecule has 2 aromatic carbocycles. The molecule has 0 bridgehead atoms. The van der Waals surface area contributed by atoms with Gasteiger partial charge in [-0.2, -0.15) is 0 Å². The summed E-state index contributed by atoms with van der Waals surface area (Å²) in [5.74, 6) is 3.18. The van der Waals surface area contributed by atoms with E-state index in [0.717, 1.165) is 23.5 Å². The lowest BCUT2D eigenvalue weighted by atomic mass is 9.87. The summed E-state index contributed by atoms with van der Waals surface area (Å²) in [5.41, 5.74) is 4.93. The number of nitrogens with zero attached hydrogens (tertiary/aromatic N) is 1. The number of ether oxygens (including phenoxy) is 2. The van der Waals surface area contributed by atoms with Crippen molar-refractivity contribution >= 4 is 17.7 Å². The number of amides is 1. The summed E-state index contributed by atoms with van der Waals surface area (Å²) in [5, 5.41) is 0. The Morgan fingerprint density at radius 1 is 1.06 bits per heavy atom. The second kappa shape index (κ2) is 10.0. The van der Waals surface area contributed by atoms with Crippen molar-refractivity contribution in [3.63, 3.8) is 0 Å². The normalized spacial score (nSPS) is 15.6. The molecule has 1 amide bonds. The third-order valence-corrected chi connectivity index (χ3v) is 7.83. The van der Waals surface area contributed by atoms with Gasteiger partial charge in [-0.3, -0.25) is 4.79 Å². The maximum Gasteiger partial charge on any atom is 0.290 e. The Hall–Kier alpha value is -2.86. The highest BCUT2D eigenvalue weighted by molar-refractivity contribution is 7.98. The summed E-state index contributed by atoms with van der Waals surface area (Å²) in [6.07, 6.45) is 0.758. The predicted octanol–water partition coefficient (Wildman–Crippen LogP) is 6.78. The van der Waals surface area contributed by atoms with Gasteiger partial charge in [0.05, 0.1) is 20.0 Å². The fourth-order valence-corrected chi connectivity index (χ4v) is 5.38. The molecule has 35 heavy (non-hydrogen) atoms. The highest BCUT2D eigenvalue weighted by Crippen LogP contribution is 2.36. The predicted molar refractivity (Wildman–Crippen MR) is 141 cm³/mol. The number of fused-ring (bicyclic) bond motifs is 1. The molecule has 1 aliphatic rings. The van der Waals surface area contributed by atoms with Gasteiger partial charge >= 0.3 is 0 Å². The van der Waals surface area contributed by atoms with E-state index in [0.29, 0.717) is 23.8 Å². The van der Waals surface area contributed by atoms with Crippen molar-refractivity contribution in [1.29, 1.82) is 0 Å². The average molecular weight is 494 g/mol. The molecule has 0 aliphatic carbocycles. The third kappa shape index (κ3) is 5.37. The zero-order chi connectivity index (χ0) is 25.3. The fourth-order valence-electron chi connectivity index (χ4n) is 4.42. The molecule has 3 aromatic rings. The lowest BCUT2D eigenvalue weighted by Gasteiger charge is -2.34. The number of carbonyl (C=O) groups excluding carboxylic acids is 1. The van der Waals surface area contributed by atoms with Gasteiger partial charge < -0.3 is 18.8 Å². The molecule has 0 N–H and O–H groups in total. The van der Waals surface area contributed by atoms with Crippen LogP contribution >= 0.6 is 11.8 Å². The first kappa shape index (κ1) is 25.2. The SMILES string of the molecule is COc1cc2c(cc1OC)CN(C(=O)c1ccc(CSc3cc(C(C)(C)C)ccc3C)o1)C(C)C2. The number of hydrogen-bond acceptors (Lipinski definition) is 5. The van der Waals surface area contributed by atoms with Crippen molar-refractivity contribution < 1.29 is 18.7 Å². The zero-order valence-corrected chi connectivity index (χ0v) is 22.5. The van der Waals surface area contributed by atoms with Gasteiger partial charge in [0.15, 0.2) is 17.3 Å². The Bertz CT molecular complexity index is 1220. The summed E-state index contributed by atoms with van der Waals surface area (Å²) in [6, 6.07) is 14.4. The first-order valence-corrected chi connectivity index (χ1v) is 13.0. The first-order valence-electron chi connectivity index (χ1n) is 12.0. The van der Waals surface area contributed by atoms with Gasteiger partial charge in [0.25, 0.3) is 5.91 Å². The van der Waals surface area contributed by atoms with Crippen molar-refractivity contribution in [1.82, 2.24) is 4.90 Å². The van der Waals surface area contributed by atoms with Crippen LogP contribution in [-0.4, -0.2) is 31.1 Å². The smallest absolute Gasteiger partial charge is 0.290 e. The molecule has 1 atom stereocenters. The summed E-state index contributed by atoms with van der Waals surface area (Å²) in [6.45, 7) is 11.4. The number of carbonyl (C=O) groups is 1. The van der Waals surface area contributed by atoms with E-state index in [1.165, 1.54) is 21.6 Å². The van der Waals surface area contributed by atoms with E-state index in [4.69, 9.17) is 13.9 Å². The Balaban J connectivity index is 1.47. The zero-order valence-electron chi connectivity index (χ0n) is 21.7. The molecule has 0 saturated heterocycles. The molecule has 0 spiro atoms. The minimum absolute atomic E-state index is 0.0545. The molecule has 1 unspecified atom stereocenters. The molecule has 2 heterocycles. The minimum atomic E-state index is -0.0832. The Morgan fingerprint density at radius 3 is 2.40 bits per heavy atom. The maximum atomic E-state index is 13.4. The Labute approximate surface area is 212 Å². The number of aryl methyl sites for hydroxylation is 1. The topological polar surface area (TPSA) is 51.9 Å². The summed E-state index contributed by atoms with van der Waals surface area (Å²) >= 11 is 1.75. The van der Waals surface area contributed by atoms with Crippen LogP contribution in [0.4, 0.5) is 0 Å². The molecular weight excluding hydrogens is 458 g/mol. The number of methoxy groups -OCH3 is 2. The van der Waals surface area contributed by atoms with Crippen LogP contribution in [-0.2, 0) is 24.1 Å². The van der Waals surface area contributed by atoms with Crippen LogP contribution < -0.4 is 9.47 Å². The van der Waals surface area contributed by atoms with Crippen molar-refractivity contribution in [2.45, 2.75) is 69.7 Å². The quantitative estimate of drug-likeness (QED) is 0.354. The second-order valence-electron chi connectivity index (χ2n) is 10.2. The van der Waals surface area contributed by atoms with Gasteiger partial charge in [-0.05, 0) is 78.3 Å². The molecule has 0 saturated carbocycles. The van der Waals surface area contributed by atoms with E-state index >= 15 is 0 Å². The van der Waals surface area contributed by atoms with Gasteiger partial charge in [0, 0.05) is 17.5 Å². The standard InChI is InChI=1S/C29H35NO4S/c1-18-8-9-22(29(3,4)5)15-27(18)35-17-23-10-11-24(34-23)28(31)30-16-21-14-26(33-7)25(32-6)13-20(21)12-19(30)2/h8-11,13-15,19H,12,16-17H2,1-7H3. The van der Waals surface area contributed by atoms with Crippen LogP contribution in [0.25, 0.3) is 0 Å². The highest BCUT2D eigenvalue weighted by Gasteiger charge is 2.30. The number of rotatable bonds is 6. The number of furan rings is 1. The lowest BCUT2D eigenvalue weighted by Crippen LogP contribution is -2.42. The number of hydrogen-bond donors (Lipinski definition) is 0. The van der Waals surface area contributed by atoms with E-state index < -0.39 is 0 Å². The molecule has 6 heteroatoms.